The first kappa shape index (κ1) is 16.0. The Bertz CT molecular complexity index is 614. The van der Waals surface area contributed by atoms with Crippen LogP contribution in [0.15, 0.2) is 18.2 Å². The second kappa shape index (κ2) is 7.16. The third-order valence-electron chi connectivity index (χ3n) is 4.70. The van der Waals surface area contributed by atoms with E-state index in [4.69, 9.17) is 4.74 Å². The van der Waals surface area contributed by atoms with E-state index in [1.807, 2.05) is 6.20 Å². The minimum atomic E-state index is -0.186. The van der Waals surface area contributed by atoms with Gasteiger partial charge in [0, 0.05) is 24.8 Å². The average molecular weight is 349 g/mol. The predicted molar refractivity (Wildman–Crippen MR) is 93.3 cm³/mol. The Morgan fingerprint density at radius 2 is 2.42 bits per heavy atom. The Labute approximate surface area is 145 Å². The molecular weight excluding hydrogens is 326 g/mol. The molecule has 1 aromatic heterocycles. The summed E-state index contributed by atoms with van der Waals surface area (Å²) in [5, 5.41) is 13.2. The Morgan fingerprint density at radius 1 is 1.50 bits per heavy atom. The van der Waals surface area contributed by atoms with Gasteiger partial charge in [0.05, 0.1) is 17.1 Å². The normalized spacial score (nSPS) is 26.7. The number of thioether (sulfide) groups is 1. The summed E-state index contributed by atoms with van der Waals surface area (Å²) in [5.41, 5.74) is 0.983. The summed E-state index contributed by atoms with van der Waals surface area (Å²) in [7, 11) is 0. The van der Waals surface area contributed by atoms with Crippen LogP contribution < -0.4 is 10.6 Å². The largest absolute Gasteiger partial charge is 0.494 e. The maximum Gasteiger partial charge on any atom is 0.235 e. The smallest absolute Gasteiger partial charge is 0.235 e. The average Bonchev–Trinajstić information content (AvgIpc) is 3.20. The fraction of sp³-hybridized carbons (Fsp3) is 0.625. The number of carbonyl (C=O) groups excluding carboxylic acids is 1. The number of likely N-dealkylation sites (tertiary alicyclic amines) is 1. The number of amides is 1. The van der Waals surface area contributed by atoms with Gasteiger partial charge in [-0.3, -0.25) is 9.89 Å². The molecule has 1 aromatic rings. The van der Waals surface area contributed by atoms with Crippen molar-refractivity contribution in [1.29, 1.82) is 0 Å². The van der Waals surface area contributed by atoms with Crippen LogP contribution in [0.3, 0.4) is 0 Å². The number of nitrogens with one attached hydrogen (secondary N) is 3. The number of aromatic nitrogens is 2. The molecule has 7 nitrogen and oxygen atoms in total. The lowest BCUT2D eigenvalue weighted by atomic mass is 10.1. The zero-order chi connectivity index (χ0) is 16.4. The van der Waals surface area contributed by atoms with Gasteiger partial charge in [-0.1, -0.05) is 0 Å². The van der Waals surface area contributed by atoms with Gasteiger partial charge in [0.15, 0.2) is 0 Å². The predicted octanol–water partition coefficient (Wildman–Crippen LogP) is 0.394. The highest BCUT2D eigenvalue weighted by Gasteiger charge is 2.43. The number of rotatable bonds is 6. The van der Waals surface area contributed by atoms with Crippen molar-refractivity contribution in [3.05, 3.63) is 23.7 Å². The van der Waals surface area contributed by atoms with E-state index in [1.165, 1.54) is 19.5 Å². The number of hydrogen-bond acceptors (Lipinski definition) is 6. The van der Waals surface area contributed by atoms with Gasteiger partial charge in [0.2, 0.25) is 5.91 Å². The Balaban J connectivity index is 1.36. The molecule has 2 atom stereocenters. The third kappa shape index (κ3) is 3.18. The second-order valence-corrected chi connectivity index (χ2v) is 7.49. The number of aromatic amines is 1. The second-order valence-electron chi connectivity index (χ2n) is 6.34. The summed E-state index contributed by atoms with van der Waals surface area (Å²) < 4.78 is 5.87. The number of H-pyrrole nitrogens is 1. The lowest BCUT2D eigenvalue weighted by Gasteiger charge is -2.30. The summed E-state index contributed by atoms with van der Waals surface area (Å²) in [4.78, 5) is 16.1. The first-order valence-corrected chi connectivity index (χ1v) is 9.47. The van der Waals surface area contributed by atoms with Crippen molar-refractivity contribution in [2.45, 2.75) is 24.1 Å². The monoisotopic (exact) mass is 349 g/mol. The molecule has 4 rings (SSSR count). The van der Waals surface area contributed by atoms with E-state index < -0.39 is 0 Å². The van der Waals surface area contributed by atoms with Gasteiger partial charge in [-0.15, -0.1) is 11.8 Å². The fourth-order valence-corrected chi connectivity index (χ4v) is 4.62. The van der Waals surface area contributed by atoms with Gasteiger partial charge in [0.1, 0.15) is 17.6 Å². The molecule has 3 aliphatic heterocycles. The van der Waals surface area contributed by atoms with Gasteiger partial charge in [-0.2, -0.15) is 5.10 Å². The molecule has 0 radical (unpaired) electrons. The van der Waals surface area contributed by atoms with Crippen LogP contribution >= 0.6 is 11.8 Å². The van der Waals surface area contributed by atoms with E-state index in [2.05, 4.69) is 25.7 Å². The highest BCUT2D eigenvalue weighted by atomic mass is 32.2. The van der Waals surface area contributed by atoms with Crippen molar-refractivity contribution in [3.63, 3.8) is 0 Å². The topological polar surface area (TPSA) is 82.3 Å². The van der Waals surface area contributed by atoms with Crippen molar-refractivity contribution in [2.75, 3.05) is 39.3 Å². The molecule has 0 saturated carbocycles. The highest BCUT2D eigenvalue weighted by molar-refractivity contribution is 8.09. The molecule has 0 bridgehead atoms. The van der Waals surface area contributed by atoms with E-state index in [0.717, 1.165) is 42.3 Å². The highest BCUT2D eigenvalue weighted by Crippen LogP contribution is 2.45. The molecule has 2 unspecified atom stereocenters. The van der Waals surface area contributed by atoms with Crippen LogP contribution in [0, 0.1) is 0 Å². The summed E-state index contributed by atoms with van der Waals surface area (Å²) in [6.45, 7) is 5.63. The van der Waals surface area contributed by atoms with Crippen LogP contribution in [-0.2, 0) is 9.53 Å². The summed E-state index contributed by atoms with van der Waals surface area (Å²) in [5.74, 6) is 0.969. The van der Waals surface area contributed by atoms with E-state index >= 15 is 0 Å². The van der Waals surface area contributed by atoms with Crippen molar-refractivity contribution in [1.82, 2.24) is 25.7 Å². The van der Waals surface area contributed by atoms with Crippen molar-refractivity contribution >= 4 is 22.6 Å². The van der Waals surface area contributed by atoms with Gasteiger partial charge >= 0.3 is 0 Å². The minimum absolute atomic E-state index is 0.0518. The molecule has 0 spiro atoms. The SMILES string of the molecule is O=C(NCCCN1CCC1)C1SC(c2cn[nH]c2)=C2OCCNC21. The first-order chi connectivity index (χ1) is 11.8. The van der Waals surface area contributed by atoms with Crippen LogP contribution in [0.5, 0.6) is 0 Å². The first-order valence-electron chi connectivity index (χ1n) is 8.59. The zero-order valence-electron chi connectivity index (χ0n) is 13.6. The van der Waals surface area contributed by atoms with Crippen LogP contribution in [-0.4, -0.2) is 71.6 Å². The van der Waals surface area contributed by atoms with Crippen LogP contribution in [0.4, 0.5) is 0 Å². The standard InChI is InChI=1S/C16H23N5O2S/c22-16(18-3-1-5-21-6-2-7-21)15-12-13(23-8-4-17-12)14(24-15)11-9-19-20-10-11/h9-10,12,15,17H,1-8H2,(H,18,22)(H,19,20). The molecule has 2 fully saturated rings. The van der Waals surface area contributed by atoms with Gasteiger partial charge in [-0.25, -0.2) is 0 Å². The molecule has 0 aromatic carbocycles. The van der Waals surface area contributed by atoms with Crippen molar-refractivity contribution in [3.8, 4) is 0 Å². The summed E-state index contributed by atoms with van der Waals surface area (Å²) >= 11 is 1.57. The molecule has 2 saturated heterocycles. The molecule has 8 heteroatoms. The molecule has 3 N–H and O–H groups in total. The van der Waals surface area contributed by atoms with E-state index in [9.17, 15) is 4.79 Å². The lowest BCUT2D eigenvalue weighted by Crippen LogP contribution is -2.49. The van der Waals surface area contributed by atoms with E-state index in [1.54, 1.807) is 18.0 Å². The van der Waals surface area contributed by atoms with E-state index in [0.29, 0.717) is 6.61 Å². The number of carbonyl (C=O) groups is 1. The quantitative estimate of drug-likeness (QED) is 0.645. The van der Waals surface area contributed by atoms with Crippen LogP contribution in [0.1, 0.15) is 18.4 Å². The molecule has 4 heterocycles. The van der Waals surface area contributed by atoms with Crippen molar-refractivity contribution < 1.29 is 9.53 Å². The van der Waals surface area contributed by atoms with Gasteiger partial charge < -0.3 is 20.3 Å². The number of hydrogen-bond donors (Lipinski definition) is 3. The van der Waals surface area contributed by atoms with E-state index in [-0.39, 0.29) is 17.2 Å². The Morgan fingerprint density at radius 3 is 3.17 bits per heavy atom. The number of nitrogens with zero attached hydrogens (tertiary/aromatic N) is 2. The number of fused-ring (bicyclic) bond motifs is 1. The minimum Gasteiger partial charge on any atom is -0.494 e. The van der Waals surface area contributed by atoms with Crippen molar-refractivity contribution in [2.24, 2.45) is 0 Å². The molecule has 3 aliphatic rings. The molecule has 1 amide bonds. The molecular formula is C16H23N5O2S. The lowest BCUT2D eigenvalue weighted by molar-refractivity contribution is -0.121. The maximum absolute atomic E-state index is 12.7. The molecule has 24 heavy (non-hydrogen) atoms. The fourth-order valence-electron chi connectivity index (χ4n) is 3.27. The zero-order valence-corrected chi connectivity index (χ0v) is 14.4. The summed E-state index contributed by atoms with van der Waals surface area (Å²) in [6, 6.07) is -0.0518. The van der Waals surface area contributed by atoms with Gasteiger partial charge in [0.25, 0.3) is 0 Å². The number of morpholine rings is 1. The maximum atomic E-state index is 12.7. The third-order valence-corrected chi connectivity index (χ3v) is 6.11. The Kier molecular flexibility index (Phi) is 4.77. The molecule has 0 aliphatic carbocycles. The number of ether oxygens (including phenoxy) is 1. The van der Waals surface area contributed by atoms with Crippen LogP contribution in [0.25, 0.3) is 4.91 Å². The van der Waals surface area contributed by atoms with Gasteiger partial charge in [-0.05, 0) is 32.5 Å². The summed E-state index contributed by atoms with van der Waals surface area (Å²) in [6.07, 6.45) is 5.94. The Hall–Kier alpha value is -1.51. The van der Waals surface area contributed by atoms with Crippen LogP contribution in [0.2, 0.25) is 0 Å². The molecule has 130 valence electrons.